The van der Waals surface area contributed by atoms with Gasteiger partial charge in [-0.15, -0.1) is 12.6 Å². The number of carboxylic acids is 1. The Kier molecular flexibility index (Phi) is 3.00. The monoisotopic (exact) mass is 294 g/mol. The van der Waals surface area contributed by atoms with Gasteiger partial charge in [0.2, 0.25) is 0 Å². The number of hydrogen-bond donors (Lipinski definition) is 2. The van der Waals surface area contributed by atoms with Gasteiger partial charge < -0.3 is 5.11 Å². The van der Waals surface area contributed by atoms with Crippen LogP contribution in [-0.2, 0) is 0 Å². The molecule has 0 heterocycles. The predicted molar refractivity (Wildman–Crippen MR) is 58.1 cm³/mol. The summed E-state index contributed by atoms with van der Waals surface area (Å²) in [5, 5.41) is 8.78. The molecule has 0 aliphatic heterocycles. The number of carbonyl (C=O) groups is 1. The van der Waals surface area contributed by atoms with Crippen LogP contribution in [0, 0.1) is 10.5 Å². The molecule has 64 valence electrons. The summed E-state index contributed by atoms with van der Waals surface area (Å²) in [4.78, 5) is 11.4. The fourth-order valence-electron chi connectivity index (χ4n) is 0.887. The van der Waals surface area contributed by atoms with Gasteiger partial charge in [-0.2, -0.15) is 0 Å². The Hall–Kier alpha value is -0.230. The standard InChI is InChI=1S/C8H7IO2S/c1-4-6(8(10)11)2-5(9)3-7(4)12/h2-3,12H,1H3,(H,10,11). The molecule has 1 aromatic carbocycles. The summed E-state index contributed by atoms with van der Waals surface area (Å²) >= 11 is 6.23. The number of aromatic carboxylic acids is 1. The SMILES string of the molecule is Cc1c(S)cc(I)cc1C(=O)O. The second-order valence-corrected chi connectivity index (χ2v) is 4.13. The van der Waals surface area contributed by atoms with Gasteiger partial charge in [0.1, 0.15) is 0 Å². The van der Waals surface area contributed by atoms with E-state index in [0.717, 1.165) is 8.47 Å². The van der Waals surface area contributed by atoms with Gasteiger partial charge in [0.05, 0.1) is 5.56 Å². The largest absolute Gasteiger partial charge is 0.478 e. The van der Waals surface area contributed by atoms with Crippen LogP contribution in [0.3, 0.4) is 0 Å². The third-order valence-corrected chi connectivity index (χ3v) is 2.66. The zero-order chi connectivity index (χ0) is 9.30. The van der Waals surface area contributed by atoms with Crippen LogP contribution in [0.2, 0.25) is 0 Å². The Morgan fingerprint density at radius 2 is 2.17 bits per heavy atom. The van der Waals surface area contributed by atoms with E-state index in [1.807, 2.05) is 6.07 Å². The third-order valence-electron chi connectivity index (χ3n) is 1.58. The van der Waals surface area contributed by atoms with E-state index in [1.165, 1.54) is 0 Å². The van der Waals surface area contributed by atoms with E-state index in [2.05, 4.69) is 35.2 Å². The Morgan fingerprint density at radius 1 is 1.58 bits per heavy atom. The molecule has 1 rings (SSSR count). The number of carboxylic acid groups (broad SMARTS) is 1. The third kappa shape index (κ3) is 1.92. The Balaban J connectivity index is 3.37. The fraction of sp³-hybridized carbons (Fsp3) is 0.125. The number of benzene rings is 1. The second-order valence-electron chi connectivity index (χ2n) is 2.40. The van der Waals surface area contributed by atoms with Crippen LogP contribution in [-0.4, -0.2) is 11.1 Å². The van der Waals surface area contributed by atoms with Crippen molar-refractivity contribution in [2.24, 2.45) is 0 Å². The summed E-state index contributed by atoms with van der Waals surface area (Å²) in [6, 6.07) is 3.48. The summed E-state index contributed by atoms with van der Waals surface area (Å²) in [5.41, 5.74) is 1.04. The molecule has 1 N–H and O–H groups in total. The van der Waals surface area contributed by atoms with Crippen LogP contribution in [0.15, 0.2) is 17.0 Å². The van der Waals surface area contributed by atoms with Crippen LogP contribution < -0.4 is 0 Å². The maximum atomic E-state index is 10.7. The van der Waals surface area contributed by atoms with Gasteiger partial charge in [0.25, 0.3) is 0 Å². The van der Waals surface area contributed by atoms with Crippen molar-refractivity contribution < 1.29 is 9.90 Å². The lowest BCUT2D eigenvalue weighted by atomic mass is 10.1. The highest BCUT2D eigenvalue weighted by molar-refractivity contribution is 14.1. The smallest absolute Gasteiger partial charge is 0.336 e. The van der Waals surface area contributed by atoms with E-state index in [-0.39, 0.29) is 0 Å². The molecule has 0 amide bonds. The average molecular weight is 294 g/mol. The van der Waals surface area contributed by atoms with Crippen molar-refractivity contribution in [3.8, 4) is 0 Å². The van der Waals surface area contributed by atoms with E-state index >= 15 is 0 Å². The van der Waals surface area contributed by atoms with Crippen molar-refractivity contribution >= 4 is 41.2 Å². The molecule has 0 bridgehead atoms. The molecule has 4 heteroatoms. The van der Waals surface area contributed by atoms with Gasteiger partial charge in [-0.3, -0.25) is 0 Å². The number of thiol groups is 1. The van der Waals surface area contributed by atoms with Crippen LogP contribution in [0.25, 0.3) is 0 Å². The summed E-state index contributed by atoms with van der Waals surface area (Å²) in [7, 11) is 0. The number of halogens is 1. The van der Waals surface area contributed by atoms with Gasteiger partial charge >= 0.3 is 5.97 Å². The van der Waals surface area contributed by atoms with Crippen molar-refractivity contribution in [2.75, 3.05) is 0 Å². The lowest BCUT2D eigenvalue weighted by Crippen LogP contribution is -2.00. The molecule has 0 unspecified atom stereocenters. The van der Waals surface area contributed by atoms with Crippen LogP contribution in [0.4, 0.5) is 0 Å². The molecule has 0 fully saturated rings. The van der Waals surface area contributed by atoms with E-state index in [0.29, 0.717) is 11.1 Å². The Labute approximate surface area is 89.5 Å². The van der Waals surface area contributed by atoms with E-state index in [4.69, 9.17) is 5.11 Å². The minimum atomic E-state index is -0.902. The van der Waals surface area contributed by atoms with Gasteiger partial charge in [0, 0.05) is 8.47 Å². The predicted octanol–water partition coefficient (Wildman–Crippen LogP) is 2.59. The Bertz CT molecular complexity index is 336. The maximum Gasteiger partial charge on any atom is 0.336 e. The minimum absolute atomic E-state index is 0.326. The van der Waals surface area contributed by atoms with Crippen molar-refractivity contribution in [3.05, 3.63) is 26.8 Å². The molecule has 0 aliphatic carbocycles. The van der Waals surface area contributed by atoms with E-state index in [9.17, 15) is 4.79 Å². The van der Waals surface area contributed by atoms with Crippen molar-refractivity contribution in [2.45, 2.75) is 11.8 Å². The van der Waals surface area contributed by atoms with Gasteiger partial charge in [-0.1, -0.05) is 0 Å². The second kappa shape index (κ2) is 3.66. The number of hydrogen-bond acceptors (Lipinski definition) is 2. The number of rotatable bonds is 1. The lowest BCUT2D eigenvalue weighted by Gasteiger charge is -2.04. The molecule has 0 spiro atoms. The average Bonchev–Trinajstić information content (AvgIpc) is 1.96. The summed E-state index contributed by atoms with van der Waals surface area (Å²) in [6.45, 7) is 1.75. The first-order valence-electron chi connectivity index (χ1n) is 3.25. The highest BCUT2D eigenvalue weighted by atomic mass is 127. The normalized spacial score (nSPS) is 9.92. The van der Waals surface area contributed by atoms with Gasteiger partial charge in [-0.25, -0.2) is 4.79 Å². The van der Waals surface area contributed by atoms with E-state index < -0.39 is 5.97 Å². The zero-order valence-electron chi connectivity index (χ0n) is 6.34. The highest BCUT2D eigenvalue weighted by Gasteiger charge is 2.09. The highest BCUT2D eigenvalue weighted by Crippen LogP contribution is 2.21. The molecular weight excluding hydrogens is 287 g/mol. The lowest BCUT2D eigenvalue weighted by molar-refractivity contribution is 0.0695. The van der Waals surface area contributed by atoms with E-state index in [1.54, 1.807) is 13.0 Å². The first-order chi connectivity index (χ1) is 5.52. The fourth-order valence-corrected chi connectivity index (χ4v) is 2.02. The first-order valence-corrected chi connectivity index (χ1v) is 4.77. The summed E-state index contributed by atoms with van der Waals surface area (Å²) < 4.78 is 0.889. The molecule has 0 atom stereocenters. The van der Waals surface area contributed by atoms with Crippen molar-refractivity contribution in [1.29, 1.82) is 0 Å². The molecule has 0 saturated heterocycles. The van der Waals surface area contributed by atoms with Crippen LogP contribution in [0.5, 0.6) is 0 Å². The molecule has 12 heavy (non-hydrogen) atoms. The zero-order valence-corrected chi connectivity index (χ0v) is 9.39. The molecule has 1 aromatic rings. The van der Waals surface area contributed by atoms with Crippen LogP contribution in [0.1, 0.15) is 15.9 Å². The van der Waals surface area contributed by atoms with Crippen molar-refractivity contribution in [1.82, 2.24) is 0 Å². The minimum Gasteiger partial charge on any atom is -0.478 e. The summed E-state index contributed by atoms with van der Waals surface area (Å²) in [5.74, 6) is -0.902. The molecule has 0 aromatic heterocycles. The van der Waals surface area contributed by atoms with Gasteiger partial charge in [-0.05, 0) is 47.2 Å². The topological polar surface area (TPSA) is 37.3 Å². The van der Waals surface area contributed by atoms with Crippen molar-refractivity contribution in [3.63, 3.8) is 0 Å². The molecule has 2 nitrogen and oxygen atoms in total. The Morgan fingerprint density at radius 3 is 2.67 bits per heavy atom. The molecule has 0 saturated carbocycles. The molecular formula is C8H7IO2S. The molecule has 0 radical (unpaired) electrons. The first kappa shape index (κ1) is 9.85. The quantitative estimate of drug-likeness (QED) is 0.617. The van der Waals surface area contributed by atoms with Crippen LogP contribution >= 0.6 is 35.2 Å². The molecule has 0 aliphatic rings. The summed E-state index contributed by atoms with van der Waals surface area (Å²) in [6.07, 6.45) is 0. The van der Waals surface area contributed by atoms with Gasteiger partial charge in [0.15, 0.2) is 0 Å². The maximum absolute atomic E-state index is 10.7.